The molecule has 0 saturated carbocycles. The van der Waals surface area contributed by atoms with Gasteiger partial charge in [-0.1, -0.05) is 24.3 Å². The molecule has 2 aromatic rings. The van der Waals surface area contributed by atoms with E-state index in [9.17, 15) is 9.18 Å². The van der Waals surface area contributed by atoms with Crippen LogP contribution in [0.25, 0.3) is 5.57 Å². The highest BCUT2D eigenvalue weighted by Gasteiger charge is 2.13. The van der Waals surface area contributed by atoms with Crippen LogP contribution in [0.15, 0.2) is 48.5 Å². The molecule has 27 heavy (non-hydrogen) atoms. The topological polar surface area (TPSA) is 32.3 Å². The number of nitrogens with one attached hydrogen (secondary N) is 1. The van der Waals surface area contributed by atoms with E-state index in [4.69, 9.17) is 0 Å². The Morgan fingerprint density at radius 2 is 1.89 bits per heavy atom. The Kier molecular flexibility index (Phi) is 6.69. The molecular formula is C22H25FN2OS. The van der Waals surface area contributed by atoms with Crippen LogP contribution in [0.5, 0.6) is 0 Å². The lowest BCUT2D eigenvalue weighted by Crippen LogP contribution is -2.32. The monoisotopic (exact) mass is 384 g/mol. The number of halogens is 1. The molecule has 1 heterocycles. The first-order valence-corrected chi connectivity index (χ1v) is 10.3. The average molecular weight is 385 g/mol. The number of rotatable bonds is 5. The van der Waals surface area contributed by atoms with Crippen LogP contribution in [0.4, 0.5) is 10.1 Å². The lowest BCUT2D eigenvalue weighted by molar-refractivity contribution is -0.111. The predicted octanol–water partition coefficient (Wildman–Crippen LogP) is 4.72. The van der Waals surface area contributed by atoms with E-state index in [1.54, 1.807) is 18.2 Å². The third kappa shape index (κ3) is 5.44. The van der Waals surface area contributed by atoms with Gasteiger partial charge in [-0.3, -0.25) is 9.69 Å². The molecule has 1 amide bonds. The maximum absolute atomic E-state index is 13.0. The predicted molar refractivity (Wildman–Crippen MR) is 112 cm³/mol. The summed E-state index contributed by atoms with van der Waals surface area (Å²) < 4.78 is 13.0. The molecule has 0 spiro atoms. The van der Waals surface area contributed by atoms with Gasteiger partial charge in [-0.15, -0.1) is 0 Å². The molecule has 3 rings (SSSR count). The van der Waals surface area contributed by atoms with Gasteiger partial charge in [0.15, 0.2) is 0 Å². The van der Waals surface area contributed by atoms with Crippen LogP contribution in [0.2, 0.25) is 0 Å². The third-order valence-corrected chi connectivity index (χ3v) is 5.79. The zero-order chi connectivity index (χ0) is 19.2. The summed E-state index contributed by atoms with van der Waals surface area (Å²) in [5.41, 5.74) is 4.83. The zero-order valence-corrected chi connectivity index (χ0v) is 16.6. The van der Waals surface area contributed by atoms with Crippen LogP contribution in [0, 0.1) is 12.7 Å². The van der Waals surface area contributed by atoms with E-state index in [0.29, 0.717) is 0 Å². The third-order valence-electron chi connectivity index (χ3n) is 4.85. The van der Waals surface area contributed by atoms with Crippen LogP contribution in [0.1, 0.15) is 23.6 Å². The lowest BCUT2D eigenvalue weighted by atomic mass is 10.1. The molecule has 1 aliphatic rings. The summed E-state index contributed by atoms with van der Waals surface area (Å²) in [6, 6.07) is 12.2. The van der Waals surface area contributed by atoms with Gasteiger partial charge >= 0.3 is 0 Å². The van der Waals surface area contributed by atoms with Crippen LogP contribution in [-0.2, 0) is 11.3 Å². The normalized spacial score (nSPS) is 15.6. The Morgan fingerprint density at radius 1 is 1.19 bits per heavy atom. The molecule has 0 unspecified atom stereocenters. The van der Waals surface area contributed by atoms with Gasteiger partial charge in [0.1, 0.15) is 5.82 Å². The van der Waals surface area contributed by atoms with E-state index in [1.165, 1.54) is 29.2 Å². The summed E-state index contributed by atoms with van der Waals surface area (Å²) in [6.45, 7) is 7.05. The molecule has 1 fully saturated rings. The molecule has 5 heteroatoms. The number of allylic oxidation sites excluding steroid dienone is 1. The summed E-state index contributed by atoms with van der Waals surface area (Å²) in [5.74, 6) is 1.91. The standard InChI is InChI=1S/C22H25FN2OS/c1-16(18-6-8-20(23)9-7-18)14-22(26)24-21-5-3-4-19(17(21)2)15-25-10-12-27-13-11-25/h3-9,14H,10-13,15H2,1-2H3,(H,24,26)/b16-14-. The van der Waals surface area contributed by atoms with Gasteiger partial charge in [-0.05, 0) is 54.3 Å². The van der Waals surface area contributed by atoms with Crippen LogP contribution in [-0.4, -0.2) is 35.4 Å². The van der Waals surface area contributed by atoms with Crippen molar-refractivity contribution in [1.82, 2.24) is 4.90 Å². The second-order valence-electron chi connectivity index (χ2n) is 6.80. The highest BCUT2D eigenvalue weighted by atomic mass is 32.2. The molecule has 0 atom stereocenters. The largest absolute Gasteiger partial charge is 0.322 e. The minimum atomic E-state index is -0.282. The number of thioether (sulfide) groups is 1. The second kappa shape index (κ2) is 9.20. The SMILES string of the molecule is C/C(=C/C(=O)Nc1cccc(CN2CCSCC2)c1C)c1ccc(F)cc1. The first-order chi connectivity index (χ1) is 13.0. The van der Waals surface area contributed by atoms with Crippen LogP contribution < -0.4 is 5.32 Å². The Morgan fingerprint density at radius 3 is 2.59 bits per heavy atom. The summed E-state index contributed by atoms with van der Waals surface area (Å²) in [4.78, 5) is 14.9. The van der Waals surface area contributed by atoms with Gasteiger partial charge in [0.05, 0.1) is 0 Å². The lowest BCUT2D eigenvalue weighted by Gasteiger charge is -2.27. The Bertz CT molecular complexity index is 827. The van der Waals surface area contributed by atoms with Crippen molar-refractivity contribution in [3.05, 3.63) is 71.0 Å². The fraction of sp³-hybridized carbons (Fsp3) is 0.318. The maximum Gasteiger partial charge on any atom is 0.248 e. The summed E-state index contributed by atoms with van der Waals surface area (Å²) in [5, 5.41) is 2.99. The molecule has 3 nitrogen and oxygen atoms in total. The molecule has 0 radical (unpaired) electrons. The molecule has 1 N–H and O–H groups in total. The first kappa shape index (κ1) is 19.6. The summed E-state index contributed by atoms with van der Waals surface area (Å²) in [7, 11) is 0. The van der Waals surface area contributed by atoms with Gasteiger partial charge in [-0.2, -0.15) is 11.8 Å². The fourth-order valence-corrected chi connectivity index (χ4v) is 4.13. The van der Waals surface area contributed by atoms with Crippen molar-refractivity contribution in [2.75, 3.05) is 29.9 Å². The molecule has 0 aromatic heterocycles. The van der Waals surface area contributed by atoms with Crippen molar-refractivity contribution < 1.29 is 9.18 Å². The quantitative estimate of drug-likeness (QED) is 0.757. The van der Waals surface area contributed by atoms with E-state index in [0.717, 1.165) is 42.0 Å². The maximum atomic E-state index is 13.0. The summed E-state index contributed by atoms with van der Waals surface area (Å²) >= 11 is 2.00. The van der Waals surface area contributed by atoms with Crippen molar-refractivity contribution in [3.63, 3.8) is 0 Å². The van der Waals surface area contributed by atoms with Crippen molar-refractivity contribution in [2.45, 2.75) is 20.4 Å². The number of benzene rings is 2. The minimum absolute atomic E-state index is 0.175. The zero-order valence-electron chi connectivity index (χ0n) is 15.8. The van der Waals surface area contributed by atoms with Crippen molar-refractivity contribution in [2.24, 2.45) is 0 Å². The van der Waals surface area contributed by atoms with Crippen LogP contribution in [0.3, 0.4) is 0 Å². The van der Waals surface area contributed by atoms with E-state index < -0.39 is 0 Å². The summed E-state index contributed by atoms with van der Waals surface area (Å²) in [6.07, 6.45) is 1.56. The number of amides is 1. The Labute approximate surface area is 164 Å². The molecule has 2 aromatic carbocycles. The minimum Gasteiger partial charge on any atom is -0.322 e. The van der Waals surface area contributed by atoms with E-state index in [1.807, 2.05) is 30.8 Å². The van der Waals surface area contributed by atoms with Gasteiger partial charge in [0.2, 0.25) is 5.91 Å². The Hall–Kier alpha value is -2.11. The number of carbonyl (C=O) groups is 1. The Balaban J connectivity index is 1.69. The van der Waals surface area contributed by atoms with Crippen LogP contribution >= 0.6 is 11.8 Å². The first-order valence-electron chi connectivity index (χ1n) is 9.17. The van der Waals surface area contributed by atoms with E-state index >= 15 is 0 Å². The van der Waals surface area contributed by atoms with Gasteiger partial charge in [-0.25, -0.2) is 4.39 Å². The van der Waals surface area contributed by atoms with Gasteiger partial charge in [0, 0.05) is 42.9 Å². The number of carbonyl (C=O) groups excluding carboxylic acids is 1. The highest BCUT2D eigenvalue weighted by molar-refractivity contribution is 7.99. The molecule has 0 aliphatic carbocycles. The van der Waals surface area contributed by atoms with Crippen molar-refractivity contribution in [1.29, 1.82) is 0 Å². The number of hydrogen-bond acceptors (Lipinski definition) is 3. The molecule has 142 valence electrons. The molecule has 1 aliphatic heterocycles. The van der Waals surface area contributed by atoms with Crippen molar-refractivity contribution in [3.8, 4) is 0 Å². The highest BCUT2D eigenvalue weighted by Crippen LogP contribution is 2.22. The number of nitrogens with zero attached hydrogens (tertiary/aromatic N) is 1. The average Bonchev–Trinajstić information content (AvgIpc) is 2.66. The number of hydrogen-bond donors (Lipinski definition) is 1. The second-order valence-corrected chi connectivity index (χ2v) is 8.03. The van der Waals surface area contributed by atoms with Gasteiger partial charge < -0.3 is 5.32 Å². The van der Waals surface area contributed by atoms with E-state index in [-0.39, 0.29) is 11.7 Å². The van der Waals surface area contributed by atoms with Crippen molar-refractivity contribution >= 4 is 28.9 Å². The smallest absolute Gasteiger partial charge is 0.248 e. The fourth-order valence-electron chi connectivity index (χ4n) is 3.15. The molecular weight excluding hydrogens is 359 g/mol. The molecule has 1 saturated heterocycles. The molecule has 0 bridgehead atoms. The van der Waals surface area contributed by atoms with Gasteiger partial charge in [0.25, 0.3) is 0 Å². The number of anilines is 1. The van der Waals surface area contributed by atoms with E-state index in [2.05, 4.69) is 23.2 Å².